The summed E-state index contributed by atoms with van der Waals surface area (Å²) in [4.78, 5) is 17.3. The van der Waals surface area contributed by atoms with Crippen LogP contribution in [0.3, 0.4) is 0 Å². The lowest BCUT2D eigenvalue weighted by molar-refractivity contribution is -0.192. The molecule has 2 N–H and O–H groups in total. The Labute approximate surface area is 123 Å². The van der Waals surface area contributed by atoms with Crippen molar-refractivity contribution in [2.24, 2.45) is 0 Å². The molecule has 0 bridgehead atoms. The summed E-state index contributed by atoms with van der Waals surface area (Å²) in [5.41, 5.74) is 1.85. The third-order valence-electron chi connectivity index (χ3n) is 2.25. The Morgan fingerprint density at radius 1 is 1.45 bits per heavy atom. The molecule has 10 heteroatoms. The van der Waals surface area contributed by atoms with Gasteiger partial charge < -0.3 is 10.4 Å². The minimum Gasteiger partial charge on any atom is -0.475 e. The lowest BCUT2D eigenvalue weighted by atomic mass is 10.4. The van der Waals surface area contributed by atoms with Gasteiger partial charge in [-0.15, -0.1) is 0 Å². The summed E-state index contributed by atoms with van der Waals surface area (Å²) >= 11 is 0. The minimum absolute atomic E-state index is 0.602. The molecular weight excluding hydrogens is 303 g/mol. The number of hydrogen-bond acceptors (Lipinski definition) is 5. The zero-order valence-electron chi connectivity index (χ0n) is 11.8. The third kappa shape index (κ3) is 5.77. The van der Waals surface area contributed by atoms with E-state index in [0.29, 0.717) is 5.95 Å². The van der Waals surface area contributed by atoms with E-state index in [9.17, 15) is 13.2 Å². The lowest BCUT2D eigenvalue weighted by Crippen LogP contribution is -2.21. The van der Waals surface area contributed by atoms with Crippen molar-refractivity contribution in [3.63, 3.8) is 0 Å². The molecule has 0 saturated heterocycles. The van der Waals surface area contributed by atoms with E-state index in [-0.39, 0.29) is 0 Å². The van der Waals surface area contributed by atoms with Crippen LogP contribution in [-0.4, -0.2) is 37.0 Å². The zero-order valence-corrected chi connectivity index (χ0v) is 11.8. The predicted molar refractivity (Wildman–Crippen MR) is 71.6 cm³/mol. The van der Waals surface area contributed by atoms with E-state index in [1.165, 1.54) is 0 Å². The van der Waals surface area contributed by atoms with Crippen molar-refractivity contribution in [2.45, 2.75) is 26.6 Å². The Kier molecular flexibility index (Phi) is 5.84. The molecule has 0 saturated carbocycles. The second-order valence-electron chi connectivity index (χ2n) is 4.03. The first-order chi connectivity index (χ1) is 10.2. The Bertz CT molecular complexity index is 627. The highest BCUT2D eigenvalue weighted by Gasteiger charge is 2.38. The number of alkyl halides is 3. The number of aromatic nitrogens is 4. The van der Waals surface area contributed by atoms with Crippen molar-refractivity contribution in [3.05, 3.63) is 30.4 Å². The molecule has 0 aromatic carbocycles. The normalized spacial score (nSPS) is 10.6. The lowest BCUT2D eigenvalue weighted by Gasteiger charge is -2.01. The van der Waals surface area contributed by atoms with Gasteiger partial charge in [-0.2, -0.15) is 18.3 Å². The number of anilines is 2. The number of carbonyl (C=O) groups is 1. The van der Waals surface area contributed by atoms with Crippen molar-refractivity contribution < 1.29 is 23.1 Å². The standard InChI is InChI=1S/C10H13N5.C2HF3O2/c1-3-15-7-9(6-12-15)14-10-11-5-4-8(2)13-10;3-2(4,5)1(6)7/h4-7H,3H2,1-2H3,(H,11,13,14);(H,6,7). The van der Waals surface area contributed by atoms with E-state index < -0.39 is 12.1 Å². The van der Waals surface area contributed by atoms with Gasteiger partial charge in [0.15, 0.2) is 0 Å². The number of aryl methyl sites for hydroxylation is 2. The molecule has 0 aliphatic rings. The number of halogens is 3. The number of carboxylic acid groups (broad SMARTS) is 1. The van der Waals surface area contributed by atoms with Gasteiger partial charge in [0, 0.05) is 24.6 Å². The smallest absolute Gasteiger partial charge is 0.475 e. The average molecular weight is 317 g/mol. The third-order valence-corrected chi connectivity index (χ3v) is 2.25. The zero-order chi connectivity index (χ0) is 16.8. The van der Waals surface area contributed by atoms with Gasteiger partial charge in [-0.3, -0.25) is 4.68 Å². The number of aliphatic carboxylic acids is 1. The quantitative estimate of drug-likeness (QED) is 0.903. The molecule has 0 unspecified atom stereocenters. The molecule has 2 aromatic rings. The van der Waals surface area contributed by atoms with Crippen LogP contribution in [0.4, 0.5) is 24.8 Å². The maximum Gasteiger partial charge on any atom is 0.490 e. The van der Waals surface area contributed by atoms with Gasteiger partial charge in [-0.1, -0.05) is 0 Å². The molecule has 0 amide bonds. The first-order valence-corrected chi connectivity index (χ1v) is 6.11. The van der Waals surface area contributed by atoms with Crippen LogP contribution in [0.2, 0.25) is 0 Å². The summed E-state index contributed by atoms with van der Waals surface area (Å²) in [7, 11) is 0. The average Bonchev–Trinajstić information content (AvgIpc) is 2.86. The van der Waals surface area contributed by atoms with E-state index in [1.807, 2.05) is 30.8 Å². The SMILES string of the molecule is CCn1cc(Nc2nccc(C)n2)cn1.O=C(O)C(F)(F)F. The molecule has 2 heterocycles. The first kappa shape index (κ1) is 17.4. The molecule has 0 spiro atoms. The van der Waals surface area contributed by atoms with Crippen LogP contribution in [0, 0.1) is 6.92 Å². The molecule has 0 atom stereocenters. The monoisotopic (exact) mass is 317 g/mol. The summed E-state index contributed by atoms with van der Waals surface area (Å²) < 4.78 is 33.6. The second-order valence-corrected chi connectivity index (χ2v) is 4.03. The van der Waals surface area contributed by atoms with Crippen molar-refractivity contribution in [2.75, 3.05) is 5.32 Å². The largest absolute Gasteiger partial charge is 0.490 e. The van der Waals surface area contributed by atoms with Gasteiger partial charge >= 0.3 is 12.1 Å². The van der Waals surface area contributed by atoms with Gasteiger partial charge in [0.05, 0.1) is 11.9 Å². The van der Waals surface area contributed by atoms with Crippen LogP contribution >= 0.6 is 0 Å². The molecule has 0 aliphatic heterocycles. The van der Waals surface area contributed by atoms with Crippen LogP contribution in [0.25, 0.3) is 0 Å². The fourth-order valence-corrected chi connectivity index (χ4v) is 1.24. The molecule has 120 valence electrons. The Balaban J connectivity index is 0.000000295. The van der Waals surface area contributed by atoms with Crippen LogP contribution in [0.1, 0.15) is 12.6 Å². The highest BCUT2D eigenvalue weighted by atomic mass is 19.4. The first-order valence-electron chi connectivity index (χ1n) is 6.11. The summed E-state index contributed by atoms with van der Waals surface area (Å²) in [5.74, 6) is -2.15. The molecule has 7 nitrogen and oxygen atoms in total. The van der Waals surface area contributed by atoms with Gasteiger partial charge in [0.2, 0.25) is 5.95 Å². The topological polar surface area (TPSA) is 92.9 Å². The van der Waals surface area contributed by atoms with E-state index in [0.717, 1.165) is 17.9 Å². The van der Waals surface area contributed by atoms with Crippen LogP contribution in [0.5, 0.6) is 0 Å². The predicted octanol–water partition coefficient (Wildman–Crippen LogP) is 2.38. The number of nitrogens with zero attached hydrogens (tertiary/aromatic N) is 4. The number of carboxylic acids is 1. The molecule has 22 heavy (non-hydrogen) atoms. The number of nitrogens with one attached hydrogen (secondary N) is 1. The number of rotatable bonds is 3. The fraction of sp³-hybridized carbons (Fsp3) is 0.333. The second kappa shape index (κ2) is 7.38. The van der Waals surface area contributed by atoms with Gasteiger partial charge in [0.1, 0.15) is 0 Å². The van der Waals surface area contributed by atoms with Gasteiger partial charge in [-0.05, 0) is 19.9 Å². The molecule has 0 fully saturated rings. The van der Waals surface area contributed by atoms with Crippen LogP contribution < -0.4 is 5.32 Å². The molecule has 0 aliphatic carbocycles. The van der Waals surface area contributed by atoms with E-state index in [1.54, 1.807) is 12.4 Å². The van der Waals surface area contributed by atoms with Crippen molar-refractivity contribution in [1.29, 1.82) is 0 Å². The Morgan fingerprint density at radius 2 is 2.09 bits per heavy atom. The van der Waals surface area contributed by atoms with Crippen molar-refractivity contribution >= 4 is 17.6 Å². The molecule has 2 aromatic heterocycles. The fourth-order valence-electron chi connectivity index (χ4n) is 1.24. The maximum absolute atomic E-state index is 10.6. The van der Waals surface area contributed by atoms with Crippen LogP contribution in [-0.2, 0) is 11.3 Å². The molecular formula is C12H14F3N5O2. The summed E-state index contributed by atoms with van der Waals surface area (Å²) in [6.07, 6.45) is 0.329. The Hall–Kier alpha value is -2.65. The number of hydrogen-bond donors (Lipinski definition) is 2. The van der Waals surface area contributed by atoms with Gasteiger partial charge in [0.25, 0.3) is 0 Å². The van der Waals surface area contributed by atoms with Crippen molar-refractivity contribution in [3.8, 4) is 0 Å². The highest BCUT2D eigenvalue weighted by Crippen LogP contribution is 2.13. The highest BCUT2D eigenvalue weighted by molar-refractivity contribution is 5.73. The van der Waals surface area contributed by atoms with E-state index >= 15 is 0 Å². The van der Waals surface area contributed by atoms with Gasteiger partial charge in [-0.25, -0.2) is 14.8 Å². The summed E-state index contributed by atoms with van der Waals surface area (Å²) in [5, 5.41) is 14.4. The maximum atomic E-state index is 10.6. The molecule has 0 radical (unpaired) electrons. The molecule has 2 rings (SSSR count). The summed E-state index contributed by atoms with van der Waals surface area (Å²) in [6, 6.07) is 1.86. The van der Waals surface area contributed by atoms with E-state index in [4.69, 9.17) is 9.90 Å². The summed E-state index contributed by atoms with van der Waals surface area (Å²) in [6.45, 7) is 4.83. The van der Waals surface area contributed by atoms with Crippen molar-refractivity contribution in [1.82, 2.24) is 19.7 Å². The van der Waals surface area contributed by atoms with E-state index in [2.05, 4.69) is 20.4 Å². The minimum atomic E-state index is -5.08. The van der Waals surface area contributed by atoms with Crippen LogP contribution in [0.15, 0.2) is 24.7 Å². The Morgan fingerprint density at radius 3 is 2.55 bits per heavy atom.